The van der Waals surface area contributed by atoms with Crippen molar-refractivity contribution in [1.29, 1.82) is 0 Å². The summed E-state index contributed by atoms with van der Waals surface area (Å²) in [5.41, 5.74) is 0. The van der Waals surface area contributed by atoms with Crippen LogP contribution in [0.4, 0.5) is 0 Å². The number of thiophene rings is 1. The van der Waals surface area contributed by atoms with Gasteiger partial charge in [0.15, 0.2) is 0 Å². The van der Waals surface area contributed by atoms with Crippen LogP contribution in [-0.4, -0.2) is 37.0 Å². The number of nitrogens with zero attached hydrogens (tertiary/aromatic N) is 1. The quantitative estimate of drug-likeness (QED) is 0.923. The lowest BCUT2D eigenvalue weighted by atomic mass is 9.99. The molecule has 1 atom stereocenters. The Bertz CT molecular complexity index is 401. The largest absolute Gasteiger partial charge is 0.338 e. The van der Waals surface area contributed by atoms with Gasteiger partial charge in [0, 0.05) is 13.1 Å². The van der Waals surface area contributed by atoms with Gasteiger partial charge in [-0.3, -0.25) is 4.79 Å². The molecule has 18 heavy (non-hydrogen) atoms. The predicted molar refractivity (Wildman–Crippen MR) is 76.5 cm³/mol. The molecule has 2 rings (SSSR count). The molecule has 1 saturated heterocycles. The van der Waals surface area contributed by atoms with E-state index in [9.17, 15) is 4.79 Å². The fraction of sp³-hybridized carbons (Fsp3) is 0.615. The number of nitrogens with one attached hydrogen (secondary N) is 1. The van der Waals surface area contributed by atoms with Crippen molar-refractivity contribution >= 4 is 28.8 Å². The summed E-state index contributed by atoms with van der Waals surface area (Å²) < 4.78 is 0.675. The van der Waals surface area contributed by atoms with Gasteiger partial charge in [0.1, 0.15) is 0 Å². The van der Waals surface area contributed by atoms with E-state index in [0.29, 0.717) is 10.3 Å². The van der Waals surface area contributed by atoms with Crippen molar-refractivity contribution in [1.82, 2.24) is 10.2 Å². The van der Waals surface area contributed by atoms with Crippen molar-refractivity contribution in [3.05, 3.63) is 21.3 Å². The first kappa shape index (κ1) is 13.8. The number of amides is 1. The van der Waals surface area contributed by atoms with Gasteiger partial charge in [0.05, 0.1) is 9.21 Å². The normalized spacial score (nSPS) is 19.8. The van der Waals surface area contributed by atoms with Crippen molar-refractivity contribution in [3.8, 4) is 0 Å². The average Bonchev–Trinajstić information content (AvgIpc) is 2.83. The number of carbonyl (C=O) groups is 1. The molecule has 3 nitrogen and oxygen atoms in total. The maximum Gasteiger partial charge on any atom is 0.263 e. The van der Waals surface area contributed by atoms with Crippen molar-refractivity contribution in [2.75, 3.05) is 26.2 Å². The number of hydrogen-bond donors (Lipinski definition) is 1. The van der Waals surface area contributed by atoms with Crippen LogP contribution in [0.1, 0.15) is 29.4 Å². The first-order valence-corrected chi connectivity index (χ1v) is 7.65. The van der Waals surface area contributed by atoms with Gasteiger partial charge in [0.2, 0.25) is 0 Å². The predicted octanol–water partition coefficient (Wildman–Crippen LogP) is 2.86. The van der Waals surface area contributed by atoms with Gasteiger partial charge in [-0.15, -0.1) is 11.3 Å². The van der Waals surface area contributed by atoms with Crippen molar-refractivity contribution in [2.24, 2.45) is 5.92 Å². The highest BCUT2D eigenvalue weighted by Gasteiger charge is 2.21. The summed E-state index contributed by atoms with van der Waals surface area (Å²) in [5.74, 6) is 0.693. The average molecular weight is 287 g/mol. The molecule has 1 aromatic rings. The second-order valence-corrected chi connectivity index (χ2v) is 6.38. The van der Waals surface area contributed by atoms with Gasteiger partial charge in [0.25, 0.3) is 5.91 Å². The maximum absolute atomic E-state index is 12.3. The third kappa shape index (κ3) is 3.46. The van der Waals surface area contributed by atoms with Crippen molar-refractivity contribution < 1.29 is 4.79 Å². The number of rotatable bonds is 4. The smallest absolute Gasteiger partial charge is 0.263 e. The van der Waals surface area contributed by atoms with Crippen LogP contribution in [-0.2, 0) is 0 Å². The Morgan fingerprint density at radius 2 is 2.44 bits per heavy atom. The van der Waals surface area contributed by atoms with E-state index in [1.54, 1.807) is 6.07 Å². The van der Waals surface area contributed by atoms with Gasteiger partial charge in [-0.05, 0) is 50.9 Å². The topological polar surface area (TPSA) is 32.3 Å². The Balaban J connectivity index is 1.97. The minimum Gasteiger partial charge on any atom is -0.338 e. The van der Waals surface area contributed by atoms with E-state index in [1.807, 2.05) is 17.9 Å². The van der Waals surface area contributed by atoms with Crippen LogP contribution in [0.5, 0.6) is 0 Å². The molecule has 1 fully saturated rings. The van der Waals surface area contributed by atoms with Crippen molar-refractivity contribution in [2.45, 2.75) is 19.8 Å². The molecule has 1 amide bonds. The van der Waals surface area contributed by atoms with E-state index in [4.69, 9.17) is 11.6 Å². The van der Waals surface area contributed by atoms with Crippen LogP contribution in [0.25, 0.3) is 0 Å². The SMILES string of the molecule is CCN(CC1CCCNC1)C(=O)c1ccc(Cl)s1. The summed E-state index contributed by atoms with van der Waals surface area (Å²) in [4.78, 5) is 15.0. The summed E-state index contributed by atoms with van der Waals surface area (Å²) in [6.07, 6.45) is 2.42. The minimum atomic E-state index is 0.111. The Hall–Kier alpha value is -0.580. The van der Waals surface area contributed by atoms with E-state index in [-0.39, 0.29) is 5.91 Å². The Morgan fingerprint density at radius 1 is 1.61 bits per heavy atom. The third-order valence-electron chi connectivity index (χ3n) is 3.33. The molecule has 1 N–H and O–H groups in total. The van der Waals surface area contributed by atoms with Crippen LogP contribution >= 0.6 is 22.9 Å². The van der Waals surface area contributed by atoms with Gasteiger partial charge in [-0.25, -0.2) is 0 Å². The monoisotopic (exact) mass is 286 g/mol. The minimum absolute atomic E-state index is 0.111. The highest BCUT2D eigenvalue weighted by molar-refractivity contribution is 7.17. The Labute approximate surface area is 117 Å². The molecule has 0 aliphatic carbocycles. The summed E-state index contributed by atoms with van der Waals surface area (Å²) in [7, 11) is 0. The molecule has 0 radical (unpaired) electrons. The fourth-order valence-electron chi connectivity index (χ4n) is 2.33. The molecule has 0 saturated carbocycles. The molecule has 1 aliphatic rings. The van der Waals surface area contributed by atoms with Gasteiger partial charge >= 0.3 is 0 Å². The molecule has 1 unspecified atom stereocenters. The number of carbonyl (C=O) groups excluding carboxylic acids is 1. The number of piperidine rings is 1. The summed E-state index contributed by atoms with van der Waals surface area (Å²) >= 11 is 7.24. The lowest BCUT2D eigenvalue weighted by Gasteiger charge is -2.29. The lowest BCUT2D eigenvalue weighted by Crippen LogP contribution is -2.40. The summed E-state index contributed by atoms with van der Waals surface area (Å²) in [6.45, 7) is 5.76. The first-order chi connectivity index (χ1) is 8.70. The molecular weight excluding hydrogens is 268 g/mol. The maximum atomic E-state index is 12.3. The molecule has 1 aromatic heterocycles. The second-order valence-electron chi connectivity index (χ2n) is 4.66. The van der Waals surface area contributed by atoms with Gasteiger partial charge < -0.3 is 10.2 Å². The van der Waals surface area contributed by atoms with Crippen LogP contribution in [0, 0.1) is 5.92 Å². The zero-order valence-corrected chi connectivity index (χ0v) is 12.2. The number of hydrogen-bond acceptors (Lipinski definition) is 3. The molecule has 5 heteroatoms. The fourth-order valence-corrected chi connectivity index (χ4v) is 3.34. The van der Waals surface area contributed by atoms with Crippen LogP contribution in [0.2, 0.25) is 4.34 Å². The van der Waals surface area contributed by atoms with Gasteiger partial charge in [-0.1, -0.05) is 11.6 Å². The standard InChI is InChI=1S/C13H19ClN2OS/c1-2-16(9-10-4-3-7-15-8-10)13(17)11-5-6-12(14)18-11/h5-6,10,15H,2-4,7-9H2,1H3. The second kappa shape index (κ2) is 6.55. The number of halogens is 1. The molecule has 2 heterocycles. The molecule has 0 bridgehead atoms. The molecule has 0 aromatic carbocycles. The Morgan fingerprint density at radius 3 is 3.00 bits per heavy atom. The highest BCUT2D eigenvalue weighted by Crippen LogP contribution is 2.23. The van der Waals surface area contributed by atoms with Crippen LogP contribution in [0.3, 0.4) is 0 Å². The zero-order valence-electron chi connectivity index (χ0n) is 10.6. The van der Waals surface area contributed by atoms with Crippen LogP contribution < -0.4 is 5.32 Å². The van der Waals surface area contributed by atoms with Crippen molar-refractivity contribution in [3.63, 3.8) is 0 Å². The third-order valence-corrected chi connectivity index (χ3v) is 4.55. The molecule has 1 aliphatic heterocycles. The lowest BCUT2D eigenvalue weighted by molar-refractivity contribution is 0.0734. The Kier molecular flexibility index (Phi) is 5.03. The van der Waals surface area contributed by atoms with E-state index >= 15 is 0 Å². The summed E-state index contributed by atoms with van der Waals surface area (Å²) in [6, 6.07) is 3.60. The zero-order chi connectivity index (χ0) is 13.0. The van der Waals surface area contributed by atoms with E-state index < -0.39 is 0 Å². The van der Waals surface area contributed by atoms with E-state index in [0.717, 1.165) is 31.1 Å². The summed E-state index contributed by atoms with van der Waals surface area (Å²) in [5, 5.41) is 3.39. The van der Waals surface area contributed by atoms with E-state index in [2.05, 4.69) is 5.32 Å². The molecule has 0 spiro atoms. The van der Waals surface area contributed by atoms with E-state index in [1.165, 1.54) is 24.2 Å². The van der Waals surface area contributed by atoms with Crippen LogP contribution in [0.15, 0.2) is 12.1 Å². The molecular formula is C13H19ClN2OS. The van der Waals surface area contributed by atoms with Gasteiger partial charge in [-0.2, -0.15) is 0 Å². The first-order valence-electron chi connectivity index (χ1n) is 6.46. The highest BCUT2D eigenvalue weighted by atomic mass is 35.5. The molecule has 100 valence electrons.